The van der Waals surface area contributed by atoms with E-state index in [2.05, 4.69) is 0 Å². The number of nitrogens with two attached hydrogens (primary N) is 1. The maximum Gasteiger partial charge on any atom is 0.410 e. The molecular weight excluding hydrogens is 216 g/mol. The molecule has 2 fully saturated rings. The zero-order valence-electron chi connectivity index (χ0n) is 11.1. The summed E-state index contributed by atoms with van der Waals surface area (Å²) < 4.78 is 5.47. The molecule has 4 heteroatoms. The predicted octanol–water partition coefficient (Wildman–Crippen LogP) is 1.98. The molecule has 0 spiro atoms. The van der Waals surface area contributed by atoms with Gasteiger partial charge in [-0.3, -0.25) is 0 Å². The van der Waals surface area contributed by atoms with Gasteiger partial charge in [-0.25, -0.2) is 4.79 Å². The Morgan fingerprint density at radius 3 is 2.47 bits per heavy atom. The Morgan fingerprint density at radius 2 is 2.00 bits per heavy atom. The third-order valence-electron chi connectivity index (χ3n) is 3.62. The molecule has 1 saturated heterocycles. The number of amides is 1. The van der Waals surface area contributed by atoms with Crippen LogP contribution in [0.1, 0.15) is 40.0 Å². The highest BCUT2D eigenvalue weighted by atomic mass is 16.6. The molecule has 0 unspecified atom stereocenters. The summed E-state index contributed by atoms with van der Waals surface area (Å²) in [4.78, 5) is 14.0. The summed E-state index contributed by atoms with van der Waals surface area (Å²) in [5, 5.41) is 0. The van der Waals surface area contributed by atoms with Crippen molar-refractivity contribution in [1.29, 1.82) is 0 Å². The number of ether oxygens (including phenoxy) is 1. The minimum atomic E-state index is -0.411. The molecule has 98 valence electrons. The van der Waals surface area contributed by atoms with Gasteiger partial charge in [-0.05, 0) is 58.4 Å². The van der Waals surface area contributed by atoms with E-state index in [1.165, 1.54) is 12.8 Å². The summed E-state index contributed by atoms with van der Waals surface area (Å²) in [7, 11) is 0. The highest BCUT2D eigenvalue weighted by molar-refractivity contribution is 5.69. The number of likely N-dealkylation sites (tertiary alicyclic amines) is 1. The van der Waals surface area contributed by atoms with Gasteiger partial charge in [0, 0.05) is 12.6 Å². The van der Waals surface area contributed by atoms with Gasteiger partial charge in [0.1, 0.15) is 5.60 Å². The fourth-order valence-corrected chi connectivity index (χ4v) is 2.75. The van der Waals surface area contributed by atoms with Crippen molar-refractivity contribution in [2.24, 2.45) is 17.6 Å². The van der Waals surface area contributed by atoms with Crippen LogP contribution < -0.4 is 5.73 Å². The van der Waals surface area contributed by atoms with Crippen LogP contribution >= 0.6 is 0 Å². The smallest absolute Gasteiger partial charge is 0.410 e. The standard InChI is InChI=1S/C13H24N2O2/c1-13(2,3)17-12(16)15-7-6-10(8-14)11(15)9-4-5-9/h9-11H,4-8,14H2,1-3H3/t10-,11-/m1/s1. The van der Waals surface area contributed by atoms with E-state index in [0.717, 1.165) is 13.0 Å². The summed E-state index contributed by atoms with van der Waals surface area (Å²) >= 11 is 0. The lowest BCUT2D eigenvalue weighted by Gasteiger charge is -2.30. The van der Waals surface area contributed by atoms with Crippen molar-refractivity contribution in [3.8, 4) is 0 Å². The van der Waals surface area contributed by atoms with Crippen LogP contribution in [0.4, 0.5) is 4.79 Å². The predicted molar refractivity (Wildman–Crippen MR) is 66.6 cm³/mol. The molecule has 1 heterocycles. The van der Waals surface area contributed by atoms with Crippen molar-refractivity contribution in [3.05, 3.63) is 0 Å². The lowest BCUT2D eigenvalue weighted by molar-refractivity contribution is 0.0189. The van der Waals surface area contributed by atoms with Gasteiger partial charge < -0.3 is 15.4 Å². The van der Waals surface area contributed by atoms with Crippen LogP contribution in [-0.2, 0) is 4.74 Å². The number of hydrogen-bond acceptors (Lipinski definition) is 3. The molecule has 0 radical (unpaired) electrons. The Kier molecular flexibility index (Phi) is 3.34. The van der Waals surface area contributed by atoms with E-state index in [-0.39, 0.29) is 6.09 Å². The van der Waals surface area contributed by atoms with Gasteiger partial charge in [0.2, 0.25) is 0 Å². The zero-order chi connectivity index (χ0) is 12.6. The number of nitrogens with zero attached hydrogens (tertiary/aromatic N) is 1. The third-order valence-corrected chi connectivity index (χ3v) is 3.62. The molecule has 2 atom stereocenters. The van der Waals surface area contributed by atoms with Crippen molar-refractivity contribution in [3.63, 3.8) is 0 Å². The number of carbonyl (C=O) groups excluding carboxylic acids is 1. The summed E-state index contributed by atoms with van der Waals surface area (Å²) in [6.07, 6.45) is 3.34. The quantitative estimate of drug-likeness (QED) is 0.803. The fourth-order valence-electron chi connectivity index (χ4n) is 2.75. The topological polar surface area (TPSA) is 55.6 Å². The maximum atomic E-state index is 12.1. The maximum absolute atomic E-state index is 12.1. The van der Waals surface area contributed by atoms with E-state index in [0.29, 0.717) is 24.4 Å². The average Bonchev–Trinajstić information content (AvgIpc) is 2.94. The number of rotatable bonds is 2. The van der Waals surface area contributed by atoms with E-state index < -0.39 is 5.60 Å². The molecule has 0 aromatic carbocycles. The van der Waals surface area contributed by atoms with Gasteiger partial charge >= 0.3 is 6.09 Å². The van der Waals surface area contributed by atoms with E-state index in [9.17, 15) is 4.79 Å². The Labute approximate surface area is 103 Å². The molecule has 1 aliphatic heterocycles. The van der Waals surface area contributed by atoms with E-state index in [4.69, 9.17) is 10.5 Å². The van der Waals surface area contributed by atoms with Gasteiger partial charge in [-0.1, -0.05) is 0 Å². The average molecular weight is 240 g/mol. The summed E-state index contributed by atoms with van der Waals surface area (Å²) in [6, 6.07) is 0.329. The molecule has 1 aliphatic carbocycles. The summed E-state index contributed by atoms with van der Waals surface area (Å²) in [5.41, 5.74) is 5.39. The zero-order valence-corrected chi connectivity index (χ0v) is 11.1. The largest absolute Gasteiger partial charge is 0.444 e. The van der Waals surface area contributed by atoms with Crippen molar-refractivity contribution in [1.82, 2.24) is 4.90 Å². The molecule has 0 aromatic rings. The Hall–Kier alpha value is -0.770. The van der Waals surface area contributed by atoms with Crippen LogP contribution in [-0.4, -0.2) is 35.7 Å². The van der Waals surface area contributed by atoms with Crippen molar-refractivity contribution >= 4 is 6.09 Å². The minimum absolute atomic E-state index is 0.162. The van der Waals surface area contributed by atoms with Gasteiger partial charge in [0.25, 0.3) is 0 Å². The van der Waals surface area contributed by atoms with Crippen molar-refractivity contribution in [2.75, 3.05) is 13.1 Å². The summed E-state index contributed by atoms with van der Waals surface area (Å²) in [6.45, 7) is 7.22. The minimum Gasteiger partial charge on any atom is -0.444 e. The first-order valence-corrected chi connectivity index (χ1v) is 6.62. The fraction of sp³-hybridized carbons (Fsp3) is 0.923. The first-order chi connectivity index (χ1) is 7.92. The third kappa shape index (κ3) is 2.92. The second-order valence-electron chi connectivity index (χ2n) is 6.29. The van der Waals surface area contributed by atoms with Crippen LogP contribution in [0.2, 0.25) is 0 Å². The van der Waals surface area contributed by atoms with E-state index in [1.807, 2.05) is 25.7 Å². The first kappa shape index (κ1) is 12.7. The van der Waals surface area contributed by atoms with Crippen LogP contribution in [0.15, 0.2) is 0 Å². The lowest BCUT2D eigenvalue weighted by atomic mass is 9.97. The van der Waals surface area contributed by atoms with E-state index >= 15 is 0 Å². The molecule has 0 aromatic heterocycles. The van der Waals surface area contributed by atoms with Gasteiger partial charge in [0.05, 0.1) is 0 Å². The molecule has 1 amide bonds. The summed E-state index contributed by atoms with van der Waals surface area (Å²) in [5.74, 6) is 1.13. The van der Waals surface area contributed by atoms with Gasteiger partial charge in [-0.2, -0.15) is 0 Å². The SMILES string of the molecule is CC(C)(C)OC(=O)N1CC[C@H](CN)[C@H]1C1CC1. The normalized spacial score (nSPS) is 29.5. The second kappa shape index (κ2) is 4.48. The molecule has 1 saturated carbocycles. The molecule has 17 heavy (non-hydrogen) atoms. The van der Waals surface area contributed by atoms with Crippen LogP contribution in [0, 0.1) is 11.8 Å². The number of hydrogen-bond donors (Lipinski definition) is 1. The molecule has 2 aliphatic rings. The highest BCUT2D eigenvalue weighted by Crippen LogP contribution is 2.42. The number of carbonyl (C=O) groups is 1. The first-order valence-electron chi connectivity index (χ1n) is 6.62. The van der Waals surface area contributed by atoms with Crippen molar-refractivity contribution in [2.45, 2.75) is 51.7 Å². The molecule has 2 rings (SSSR count). The highest BCUT2D eigenvalue weighted by Gasteiger charge is 2.46. The Morgan fingerprint density at radius 1 is 1.35 bits per heavy atom. The molecule has 4 nitrogen and oxygen atoms in total. The van der Waals surface area contributed by atoms with Gasteiger partial charge in [-0.15, -0.1) is 0 Å². The Bertz CT molecular complexity index is 294. The van der Waals surface area contributed by atoms with E-state index in [1.54, 1.807) is 0 Å². The van der Waals surface area contributed by atoms with Crippen LogP contribution in [0.25, 0.3) is 0 Å². The Balaban J connectivity index is 2.02. The molecule has 0 bridgehead atoms. The van der Waals surface area contributed by atoms with Crippen LogP contribution in [0.3, 0.4) is 0 Å². The van der Waals surface area contributed by atoms with Crippen molar-refractivity contribution < 1.29 is 9.53 Å². The van der Waals surface area contributed by atoms with Gasteiger partial charge in [0.15, 0.2) is 0 Å². The monoisotopic (exact) mass is 240 g/mol. The van der Waals surface area contributed by atoms with Crippen LogP contribution in [0.5, 0.6) is 0 Å². The molecule has 2 N–H and O–H groups in total. The second-order valence-corrected chi connectivity index (χ2v) is 6.29. The lowest BCUT2D eigenvalue weighted by Crippen LogP contribution is -2.43. The molecular formula is C13H24N2O2.